The van der Waals surface area contributed by atoms with Crippen LogP contribution < -0.4 is 5.32 Å². The molecule has 0 saturated heterocycles. The lowest BCUT2D eigenvalue weighted by Crippen LogP contribution is -2.04. The zero-order valence-electron chi connectivity index (χ0n) is 8.98. The van der Waals surface area contributed by atoms with Gasteiger partial charge in [-0.1, -0.05) is 16.8 Å². The molecule has 1 heterocycles. The van der Waals surface area contributed by atoms with E-state index in [1.807, 2.05) is 0 Å². The van der Waals surface area contributed by atoms with Gasteiger partial charge in [0, 0.05) is 5.69 Å². The molecule has 0 spiro atoms. The predicted octanol–water partition coefficient (Wildman–Crippen LogP) is 2.78. The fraction of sp³-hybridized carbons (Fsp3) is 0.0909. The van der Waals surface area contributed by atoms with Crippen LogP contribution in [-0.2, 0) is 6.54 Å². The molecule has 0 aliphatic heterocycles. The molecular formula is C11H8ClFN2O3. The number of aromatic nitrogens is 1. The molecule has 7 heteroatoms. The van der Waals surface area contributed by atoms with Crippen LogP contribution in [0.3, 0.4) is 0 Å². The van der Waals surface area contributed by atoms with E-state index in [-0.39, 0.29) is 22.9 Å². The SMILES string of the molecule is O=C(O)c1cnoc1CNc1ccc(F)c(Cl)c1. The Morgan fingerprint density at radius 3 is 3.00 bits per heavy atom. The molecule has 0 fully saturated rings. The van der Waals surface area contributed by atoms with Gasteiger partial charge in [-0.2, -0.15) is 0 Å². The third-order valence-corrected chi connectivity index (χ3v) is 2.54. The summed E-state index contributed by atoms with van der Waals surface area (Å²) in [7, 11) is 0. The van der Waals surface area contributed by atoms with Gasteiger partial charge in [-0.25, -0.2) is 9.18 Å². The van der Waals surface area contributed by atoms with E-state index in [1.165, 1.54) is 18.2 Å². The van der Waals surface area contributed by atoms with Crippen LogP contribution in [0.2, 0.25) is 5.02 Å². The lowest BCUT2D eigenvalue weighted by Gasteiger charge is -2.05. The molecule has 94 valence electrons. The quantitative estimate of drug-likeness (QED) is 0.893. The topological polar surface area (TPSA) is 75.4 Å². The minimum Gasteiger partial charge on any atom is -0.478 e. The number of nitrogens with one attached hydrogen (secondary N) is 1. The molecule has 1 aromatic heterocycles. The molecule has 2 rings (SSSR count). The van der Waals surface area contributed by atoms with Gasteiger partial charge in [0.15, 0.2) is 5.76 Å². The van der Waals surface area contributed by atoms with Crippen molar-refractivity contribution in [2.75, 3.05) is 5.32 Å². The highest BCUT2D eigenvalue weighted by Gasteiger charge is 2.14. The minimum absolute atomic E-state index is 0.0176. The Labute approximate surface area is 106 Å². The molecule has 0 bridgehead atoms. The summed E-state index contributed by atoms with van der Waals surface area (Å²) < 4.78 is 17.7. The van der Waals surface area contributed by atoms with Crippen LogP contribution in [-0.4, -0.2) is 16.2 Å². The Morgan fingerprint density at radius 2 is 2.33 bits per heavy atom. The van der Waals surface area contributed by atoms with Crippen molar-refractivity contribution < 1.29 is 18.8 Å². The number of halogens is 2. The highest BCUT2D eigenvalue weighted by molar-refractivity contribution is 6.31. The Bertz CT molecular complexity index is 585. The number of benzene rings is 1. The molecule has 0 aliphatic carbocycles. The van der Waals surface area contributed by atoms with Gasteiger partial charge in [-0.15, -0.1) is 0 Å². The Kier molecular flexibility index (Phi) is 3.47. The number of nitrogens with zero attached hydrogens (tertiary/aromatic N) is 1. The molecule has 18 heavy (non-hydrogen) atoms. The molecule has 0 saturated carbocycles. The summed E-state index contributed by atoms with van der Waals surface area (Å²) in [4.78, 5) is 10.8. The van der Waals surface area contributed by atoms with Gasteiger partial charge in [0.1, 0.15) is 11.4 Å². The van der Waals surface area contributed by atoms with Gasteiger partial charge in [-0.3, -0.25) is 0 Å². The third-order valence-electron chi connectivity index (χ3n) is 2.25. The van der Waals surface area contributed by atoms with Crippen molar-refractivity contribution in [2.24, 2.45) is 0 Å². The van der Waals surface area contributed by atoms with Crippen molar-refractivity contribution in [3.05, 3.63) is 46.6 Å². The van der Waals surface area contributed by atoms with Crippen molar-refractivity contribution in [1.82, 2.24) is 5.16 Å². The number of aromatic carboxylic acids is 1. The van der Waals surface area contributed by atoms with E-state index in [0.29, 0.717) is 5.69 Å². The second-order valence-corrected chi connectivity index (χ2v) is 3.86. The summed E-state index contributed by atoms with van der Waals surface area (Å²) in [5.74, 6) is -1.46. The number of hydrogen-bond donors (Lipinski definition) is 2. The monoisotopic (exact) mass is 270 g/mol. The standard InChI is InChI=1S/C11H8ClFN2O3/c12-8-3-6(1-2-9(8)13)14-5-10-7(11(16)17)4-15-18-10/h1-4,14H,5H2,(H,16,17). The molecular weight excluding hydrogens is 263 g/mol. The Balaban J connectivity index is 2.09. The largest absolute Gasteiger partial charge is 0.478 e. The zero-order valence-corrected chi connectivity index (χ0v) is 9.74. The summed E-state index contributed by atoms with van der Waals surface area (Å²) in [6.45, 7) is 0.115. The molecule has 0 amide bonds. The first-order valence-electron chi connectivity index (χ1n) is 4.93. The smallest absolute Gasteiger partial charge is 0.341 e. The first-order chi connectivity index (χ1) is 8.58. The molecule has 0 aliphatic rings. The molecule has 2 N–H and O–H groups in total. The second-order valence-electron chi connectivity index (χ2n) is 3.45. The second kappa shape index (κ2) is 5.05. The van der Waals surface area contributed by atoms with E-state index in [2.05, 4.69) is 10.5 Å². The fourth-order valence-electron chi connectivity index (χ4n) is 1.35. The van der Waals surface area contributed by atoms with Gasteiger partial charge in [0.05, 0.1) is 17.8 Å². The maximum absolute atomic E-state index is 12.9. The van der Waals surface area contributed by atoms with Crippen molar-refractivity contribution >= 4 is 23.3 Å². The van der Waals surface area contributed by atoms with Gasteiger partial charge in [0.2, 0.25) is 0 Å². The number of carboxylic acid groups (broad SMARTS) is 1. The molecule has 0 radical (unpaired) electrons. The number of carboxylic acids is 1. The van der Waals surface area contributed by atoms with Crippen LogP contribution in [0, 0.1) is 5.82 Å². The number of carbonyl (C=O) groups is 1. The van der Waals surface area contributed by atoms with E-state index in [0.717, 1.165) is 6.20 Å². The lowest BCUT2D eigenvalue weighted by atomic mass is 10.2. The van der Waals surface area contributed by atoms with E-state index < -0.39 is 11.8 Å². The summed E-state index contributed by atoms with van der Waals surface area (Å²) in [6, 6.07) is 4.09. The fourth-order valence-corrected chi connectivity index (χ4v) is 1.53. The highest BCUT2D eigenvalue weighted by Crippen LogP contribution is 2.20. The zero-order chi connectivity index (χ0) is 13.1. The predicted molar refractivity (Wildman–Crippen MR) is 62.2 cm³/mol. The minimum atomic E-state index is -1.12. The Hall–Kier alpha value is -2.08. The average Bonchev–Trinajstić information content (AvgIpc) is 2.79. The van der Waals surface area contributed by atoms with E-state index in [4.69, 9.17) is 21.2 Å². The summed E-state index contributed by atoms with van der Waals surface area (Å²) in [5, 5.41) is 15.1. The van der Waals surface area contributed by atoms with Gasteiger partial charge < -0.3 is 14.9 Å². The first kappa shape index (κ1) is 12.4. The number of hydrogen-bond acceptors (Lipinski definition) is 4. The number of rotatable bonds is 4. The summed E-state index contributed by atoms with van der Waals surface area (Å²) >= 11 is 5.61. The Morgan fingerprint density at radius 1 is 1.56 bits per heavy atom. The van der Waals surface area contributed by atoms with Gasteiger partial charge in [0.25, 0.3) is 0 Å². The van der Waals surface area contributed by atoms with Crippen molar-refractivity contribution in [3.63, 3.8) is 0 Å². The van der Waals surface area contributed by atoms with Crippen molar-refractivity contribution in [1.29, 1.82) is 0 Å². The van der Waals surface area contributed by atoms with Crippen LogP contribution >= 0.6 is 11.6 Å². The highest BCUT2D eigenvalue weighted by atomic mass is 35.5. The van der Waals surface area contributed by atoms with E-state index >= 15 is 0 Å². The third kappa shape index (κ3) is 2.60. The maximum Gasteiger partial charge on any atom is 0.341 e. The maximum atomic E-state index is 12.9. The lowest BCUT2D eigenvalue weighted by molar-refractivity contribution is 0.0694. The van der Waals surface area contributed by atoms with Gasteiger partial charge in [-0.05, 0) is 18.2 Å². The van der Waals surface area contributed by atoms with Crippen LogP contribution in [0.15, 0.2) is 28.9 Å². The van der Waals surface area contributed by atoms with Gasteiger partial charge >= 0.3 is 5.97 Å². The van der Waals surface area contributed by atoms with Crippen molar-refractivity contribution in [2.45, 2.75) is 6.54 Å². The summed E-state index contributed by atoms with van der Waals surface area (Å²) in [5.41, 5.74) is 0.532. The molecule has 2 aromatic rings. The van der Waals surface area contributed by atoms with Crippen LogP contribution in [0.4, 0.5) is 10.1 Å². The average molecular weight is 271 g/mol. The molecule has 0 atom stereocenters. The first-order valence-corrected chi connectivity index (χ1v) is 5.31. The van der Waals surface area contributed by atoms with E-state index in [1.54, 1.807) is 0 Å². The summed E-state index contributed by atoms with van der Waals surface area (Å²) in [6.07, 6.45) is 1.12. The van der Waals surface area contributed by atoms with Crippen molar-refractivity contribution in [3.8, 4) is 0 Å². The normalized spacial score (nSPS) is 10.3. The van der Waals surface area contributed by atoms with Crippen LogP contribution in [0.1, 0.15) is 16.1 Å². The van der Waals surface area contributed by atoms with Crippen LogP contribution in [0.25, 0.3) is 0 Å². The number of anilines is 1. The van der Waals surface area contributed by atoms with E-state index in [9.17, 15) is 9.18 Å². The molecule has 1 aromatic carbocycles. The molecule has 0 unspecified atom stereocenters. The molecule has 5 nitrogen and oxygen atoms in total. The van der Waals surface area contributed by atoms with Crippen LogP contribution in [0.5, 0.6) is 0 Å².